The minimum Gasteiger partial charge on any atom is -0.358 e. The van der Waals surface area contributed by atoms with E-state index in [-0.39, 0.29) is 11.9 Å². The van der Waals surface area contributed by atoms with Gasteiger partial charge in [-0.15, -0.1) is 0 Å². The quantitative estimate of drug-likeness (QED) is 0.732. The van der Waals surface area contributed by atoms with Gasteiger partial charge in [-0.1, -0.05) is 0 Å². The Hall–Kier alpha value is -1.36. The molecule has 0 bridgehead atoms. The summed E-state index contributed by atoms with van der Waals surface area (Å²) < 4.78 is 1.82. The number of hydrogen-bond donors (Lipinski definition) is 2. The van der Waals surface area contributed by atoms with Crippen molar-refractivity contribution >= 4 is 5.91 Å². The Kier molecular flexibility index (Phi) is 3.85. The number of rotatable bonds is 4. The molecule has 0 radical (unpaired) electrons. The second kappa shape index (κ2) is 4.93. The number of amides is 1. The maximum absolute atomic E-state index is 11.2. The lowest BCUT2D eigenvalue weighted by Gasteiger charge is -2.11. The second-order valence-electron chi connectivity index (χ2n) is 3.62. The van der Waals surface area contributed by atoms with Crippen LogP contribution in [0, 0.1) is 6.92 Å². The summed E-state index contributed by atoms with van der Waals surface area (Å²) in [6.45, 7) is 4.43. The highest BCUT2D eigenvalue weighted by atomic mass is 16.2. The summed E-state index contributed by atoms with van der Waals surface area (Å²) in [5, 5.41) is 9.96. The third-order valence-electron chi connectivity index (χ3n) is 2.33. The van der Waals surface area contributed by atoms with E-state index in [2.05, 4.69) is 15.7 Å². The molecule has 0 spiro atoms. The zero-order valence-corrected chi connectivity index (χ0v) is 9.66. The first-order chi connectivity index (χ1) is 7.04. The van der Waals surface area contributed by atoms with Crippen LogP contribution in [0.3, 0.4) is 0 Å². The molecule has 0 aliphatic heterocycles. The van der Waals surface area contributed by atoms with E-state index in [4.69, 9.17) is 0 Å². The van der Waals surface area contributed by atoms with Gasteiger partial charge in [-0.2, -0.15) is 5.10 Å². The number of carbonyl (C=O) groups is 1. The number of likely N-dealkylation sites (N-methyl/N-ethyl adjacent to an activating group) is 1. The van der Waals surface area contributed by atoms with E-state index in [1.54, 1.807) is 7.05 Å². The number of nitrogens with zero attached hydrogens (tertiary/aromatic N) is 2. The summed E-state index contributed by atoms with van der Waals surface area (Å²) in [7, 11) is 3.53. The molecule has 0 fully saturated rings. The Bertz CT molecular complexity index is 345. The van der Waals surface area contributed by atoms with Crippen LogP contribution in [0.1, 0.15) is 18.3 Å². The fraction of sp³-hybridized carbons (Fsp3) is 0.600. The molecule has 1 unspecified atom stereocenters. The first-order valence-corrected chi connectivity index (χ1v) is 4.99. The van der Waals surface area contributed by atoms with E-state index < -0.39 is 0 Å². The molecule has 0 aliphatic rings. The standard InChI is InChI=1S/C10H18N4O/c1-7-5-9(14(4)13-7)6-12-8(2)10(15)11-3/h5,8,12H,6H2,1-4H3,(H,11,15). The van der Waals surface area contributed by atoms with Crippen molar-refractivity contribution in [3.05, 3.63) is 17.5 Å². The van der Waals surface area contributed by atoms with Crippen LogP contribution in [-0.4, -0.2) is 28.8 Å². The summed E-state index contributed by atoms with van der Waals surface area (Å²) in [6.07, 6.45) is 0. The third-order valence-corrected chi connectivity index (χ3v) is 2.33. The Balaban J connectivity index is 2.50. The lowest BCUT2D eigenvalue weighted by molar-refractivity contribution is -0.122. The minimum absolute atomic E-state index is 0.00566. The Morgan fingerprint density at radius 3 is 2.80 bits per heavy atom. The van der Waals surface area contributed by atoms with Crippen LogP contribution in [0.25, 0.3) is 0 Å². The molecule has 1 aromatic heterocycles. The predicted octanol–water partition coefficient (Wildman–Crippen LogP) is -0.0474. The van der Waals surface area contributed by atoms with Gasteiger partial charge in [0, 0.05) is 20.6 Å². The zero-order valence-electron chi connectivity index (χ0n) is 9.66. The van der Waals surface area contributed by atoms with Gasteiger partial charge in [-0.05, 0) is 19.9 Å². The van der Waals surface area contributed by atoms with Crippen molar-refractivity contribution in [1.29, 1.82) is 0 Å². The predicted molar refractivity (Wildman–Crippen MR) is 58.3 cm³/mol. The molecular formula is C10H18N4O. The molecule has 15 heavy (non-hydrogen) atoms. The summed E-state index contributed by atoms with van der Waals surface area (Å²) in [5.41, 5.74) is 2.06. The Labute approximate surface area is 89.9 Å². The van der Waals surface area contributed by atoms with Crippen molar-refractivity contribution in [2.75, 3.05) is 7.05 Å². The molecule has 5 heteroatoms. The van der Waals surface area contributed by atoms with Gasteiger partial charge in [0.05, 0.1) is 17.4 Å². The maximum Gasteiger partial charge on any atom is 0.236 e. The van der Waals surface area contributed by atoms with Gasteiger partial charge in [-0.3, -0.25) is 9.48 Å². The molecule has 1 heterocycles. The molecule has 0 aliphatic carbocycles. The highest BCUT2D eigenvalue weighted by molar-refractivity contribution is 5.80. The van der Waals surface area contributed by atoms with Crippen LogP contribution in [0.2, 0.25) is 0 Å². The van der Waals surface area contributed by atoms with Gasteiger partial charge in [0.25, 0.3) is 0 Å². The number of nitrogens with one attached hydrogen (secondary N) is 2. The Morgan fingerprint density at radius 1 is 1.67 bits per heavy atom. The molecule has 1 amide bonds. The second-order valence-corrected chi connectivity index (χ2v) is 3.62. The largest absolute Gasteiger partial charge is 0.358 e. The van der Waals surface area contributed by atoms with E-state index in [1.165, 1.54) is 0 Å². The van der Waals surface area contributed by atoms with Crippen LogP contribution >= 0.6 is 0 Å². The molecule has 2 N–H and O–H groups in total. The van der Waals surface area contributed by atoms with Gasteiger partial charge < -0.3 is 10.6 Å². The van der Waals surface area contributed by atoms with Crippen LogP contribution in [0.5, 0.6) is 0 Å². The van der Waals surface area contributed by atoms with E-state index >= 15 is 0 Å². The van der Waals surface area contributed by atoms with Crippen molar-refractivity contribution in [3.8, 4) is 0 Å². The van der Waals surface area contributed by atoms with Crippen LogP contribution in [0.4, 0.5) is 0 Å². The van der Waals surface area contributed by atoms with Gasteiger partial charge in [0.2, 0.25) is 5.91 Å². The summed E-state index contributed by atoms with van der Waals surface area (Å²) >= 11 is 0. The number of carbonyl (C=O) groups excluding carboxylic acids is 1. The molecule has 0 saturated heterocycles. The molecule has 1 rings (SSSR count). The lowest BCUT2D eigenvalue weighted by atomic mass is 10.3. The van der Waals surface area contributed by atoms with E-state index in [0.717, 1.165) is 11.4 Å². The lowest BCUT2D eigenvalue weighted by Crippen LogP contribution is -2.40. The first kappa shape index (κ1) is 11.7. The van der Waals surface area contributed by atoms with Crippen molar-refractivity contribution < 1.29 is 4.79 Å². The van der Waals surface area contributed by atoms with Gasteiger partial charge in [-0.25, -0.2) is 0 Å². The fourth-order valence-electron chi connectivity index (χ4n) is 1.40. The Morgan fingerprint density at radius 2 is 2.33 bits per heavy atom. The molecule has 0 aromatic carbocycles. The average molecular weight is 210 g/mol. The molecular weight excluding hydrogens is 192 g/mol. The third kappa shape index (κ3) is 3.06. The molecule has 5 nitrogen and oxygen atoms in total. The highest BCUT2D eigenvalue weighted by Crippen LogP contribution is 2.01. The van der Waals surface area contributed by atoms with Crippen LogP contribution in [0.15, 0.2) is 6.07 Å². The van der Waals surface area contributed by atoms with E-state index in [1.807, 2.05) is 31.6 Å². The molecule has 1 atom stereocenters. The van der Waals surface area contributed by atoms with E-state index in [0.29, 0.717) is 6.54 Å². The number of aryl methyl sites for hydroxylation is 2. The number of aromatic nitrogens is 2. The zero-order chi connectivity index (χ0) is 11.4. The average Bonchev–Trinajstić information content (AvgIpc) is 2.52. The van der Waals surface area contributed by atoms with E-state index in [9.17, 15) is 4.79 Å². The first-order valence-electron chi connectivity index (χ1n) is 4.99. The van der Waals surface area contributed by atoms with Gasteiger partial charge >= 0.3 is 0 Å². The highest BCUT2D eigenvalue weighted by Gasteiger charge is 2.10. The fourth-order valence-corrected chi connectivity index (χ4v) is 1.40. The van der Waals surface area contributed by atoms with Gasteiger partial charge in [0.1, 0.15) is 0 Å². The van der Waals surface area contributed by atoms with Crippen LogP contribution < -0.4 is 10.6 Å². The summed E-state index contributed by atoms with van der Waals surface area (Å²) in [5.74, 6) is -0.00566. The molecule has 1 aromatic rings. The SMILES string of the molecule is CNC(=O)C(C)NCc1cc(C)nn1C. The monoisotopic (exact) mass is 210 g/mol. The summed E-state index contributed by atoms with van der Waals surface area (Å²) in [4.78, 5) is 11.2. The van der Waals surface area contributed by atoms with Crippen LogP contribution in [-0.2, 0) is 18.4 Å². The summed E-state index contributed by atoms with van der Waals surface area (Å²) in [6, 6.07) is 1.81. The topological polar surface area (TPSA) is 59.0 Å². The molecule has 0 saturated carbocycles. The normalized spacial score (nSPS) is 12.5. The smallest absolute Gasteiger partial charge is 0.236 e. The molecule has 84 valence electrons. The van der Waals surface area contributed by atoms with Gasteiger partial charge in [0.15, 0.2) is 0 Å². The number of hydrogen-bond acceptors (Lipinski definition) is 3. The van der Waals surface area contributed by atoms with Crippen molar-refractivity contribution in [2.24, 2.45) is 7.05 Å². The van der Waals surface area contributed by atoms with Crippen molar-refractivity contribution in [3.63, 3.8) is 0 Å². The van der Waals surface area contributed by atoms with Crippen molar-refractivity contribution in [1.82, 2.24) is 20.4 Å². The minimum atomic E-state index is -0.190. The van der Waals surface area contributed by atoms with Crippen molar-refractivity contribution in [2.45, 2.75) is 26.4 Å². The maximum atomic E-state index is 11.2.